The molecule has 0 aromatic carbocycles. The van der Waals surface area contributed by atoms with Gasteiger partial charge in [-0.05, 0) is 25.8 Å². The molecule has 0 bridgehead atoms. The van der Waals surface area contributed by atoms with Crippen LogP contribution >= 0.6 is 0 Å². The third kappa shape index (κ3) is 2.07. The Morgan fingerprint density at radius 3 is 3.20 bits per heavy atom. The molecule has 0 aromatic heterocycles. The summed E-state index contributed by atoms with van der Waals surface area (Å²) >= 11 is 0. The van der Waals surface area contributed by atoms with Crippen LogP contribution in [0.25, 0.3) is 0 Å². The molecule has 2 rings (SSSR count). The van der Waals surface area contributed by atoms with Crippen LogP contribution in [0.3, 0.4) is 0 Å². The van der Waals surface area contributed by atoms with Gasteiger partial charge in [0.2, 0.25) is 5.91 Å². The second kappa shape index (κ2) is 4.79. The van der Waals surface area contributed by atoms with Gasteiger partial charge in [0.15, 0.2) is 0 Å². The molecule has 0 saturated carbocycles. The molecule has 84 valence electrons. The van der Waals surface area contributed by atoms with Crippen LogP contribution in [-0.2, 0) is 4.79 Å². The van der Waals surface area contributed by atoms with Crippen LogP contribution in [0.1, 0.15) is 39.0 Å². The van der Waals surface area contributed by atoms with E-state index in [1.165, 1.54) is 19.3 Å². The van der Waals surface area contributed by atoms with Crippen molar-refractivity contribution >= 4 is 5.91 Å². The topological polar surface area (TPSA) is 32.3 Å². The number of fused-ring (bicyclic) bond motifs is 1. The van der Waals surface area contributed by atoms with Gasteiger partial charge in [-0.15, -0.1) is 0 Å². The molecule has 3 nitrogen and oxygen atoms in total. The first-order valence-electron chi connectivity index (χ1n) is 6.07. The van der Waals surface area contributed by atoms with Crippen LogP contribution in [0.15, 0.2) is 12.3 Å². The minimum atomic E-state index is 0.104. The number of hydrogen-bond acceptors (Lipinski definition) is 2. The highest BCUT2D eigenvalue weighted by Crippen LogP contribution is 2.28. The van der Waals surface area contributed by atoms with E-state index in [1.54, 1.807) is 0 Å². The maximum Gasteiger partial charge on any atom is 0.246 e. The molecule has 2 aliphatic heterocycles. The van der Waals surface area contributed by atoms with Gasteiger partial charge in [0.25, 0.3) is 0 Å². The van der Waals surface area contributed by atoms with Crippen LogP contribution < -0.4 is 5.32 Å². The van der Waals surface area contributed by atoms with Crippen LogP contribution in [0.2, 0.25) is 0 Å². The SMILES string of the molecule is CCCCCNC1C(=O)N2C=CCC[C@@H]12. The molecule has 1 fully saturated rings. The molecular formula is C12H20N2O. The molecule has 1 saturated heterocycles. The number of amides is 1. The van der Waals surface area contributed by atoms with Gasteiger partial charge in [-0.1, -0.05) is 25.8 Å². The zero-order valence-corrected chi connectivity index (χ0v) is 9.41. The van der Waals surface area contributed by atoms with Crippen molar-refractivity contribution < 1.29 is 4.79 Å². The van der Waals surface area contributed by atoms with Gasteiger partial charge < -0.3 is 10.2 Å². The summed E-state index contributed by atoms with van der Waals surface area (Å²) in [4.78, 5) is 13.5. The Morgan fingerprint density at radius 1 is 1.53 bits per heavy atom. The molecule has 1 N–H and O–H groups in total. The van der Waals surface area contributed by atoms with Crippen LogP contribution in [0, 0.1) is 0 Å². The monoisotopic (exact) mass is 208 g/mol. The van der Waals surface area contributed by atoms with Gasteiger partial charge in [-0.25, -0.2) is 0 Å². The fraction of sp³-hybridized carbons (Fsp3) is 0.750. The lowest BCUT2D eigenvalue weighted by molar-refractivity contribution is -0.147. The van der Waals surface area contributed by atoms with Crippen molar-refractivity contribution in [3.63, 3.8) is 0 Å². The third-order valence-electron chi connectivity index (χ3n) is 3.30. The van der Waals surface area contributed by atoms with Gasteiger partial charge in [0, 0.05) is 6.20 Å². The normalized spacial score (nSPS) is 28.9. The number of rotatable bonds is 5. The number of allylic oxidation sites excluding steroid dienone is 1. The van der Waals surface area contributed by atoms with E-state index in [-0.39, 0.29) is 11.9 Å². The summed E-state index contributed by atoms with van der Waals surface area (Å²) in [5, 5.41) is 3.38. The lowest BCUT2D eigenvalue weighted by Crippen LogP contribution is -2.68. The first-order valence-corrected chi connectivity index (χ1v) is 6.07. The van der Waals surface area contributed by atoms with Gasteiger partial charge in [0.1, 0.15) is 6.04 Å². The first kappa shape index (κ1) is 10.7. The Hall–Kier alpha value is -0.830. The molecule has 2 atom stereocenters. The van der Waals surface area contributed by atoms with Crippen LogP contribution in [-0.4, -0.2) is 29.4 Å². The van der Waals surface area contributed by atoms with Gasteiger partial charge in [-0.3, -0.25) is 4.79 Å². The standard InChI is InChI=1S/C12H20N2O/c1-2-3-5-8-13-11-10-7-4-6-9-14(10)12(11)15/h6,9-11,13H,2-5,7-8H2,1H3/t10-,11?/m0/s1. The molecule has 0 aliphatic carbocycles. The first-order chi connectivity index (χ1) is 7.34. The number of hydrogen-bond donors (Lipinski definition) is 1. The number of unbranched alkanes of at least 4 members (excludes halogenated alkanes) is 2. The smallest absolute Gasteiger partial charge is 0.246 e. The van der Waals surface area contributed by atoms with E-state index in [2.05, 4.69) is 18.3 Å². The molecular weight excluding hydrogens is 188 g/mol. The van der Waals surface area contributed by atoms with Crippen molar-refractivity contribution in [2.45, 2.75) is 51.1 Å². The Labute approximate surface area is 91.5 Å². The molecule has 3 heteroatoms. The minimum absolute atomic E-state index is 0.104. The number of nitrogens with one attached hydrogen (secondary N) is 1. The van der Waals surface area contributed by atoms with Crippen LogP contribution in [0.4, 0.5) is 0 Å². The maximum absolute atomic E-state index is 11.7. The van der Waals surface area contributed by atoms with E-state index in [0.717, 1.165) is 19.4 Å². The number of carbonyl (C=O) groups is 1. The van der Waals surface area contributed by atoms with Crippen molar-refractivity contribution in [2.75, 3.05) is 6.54 Å². The third-order valence-corrected chi connectivity index (χ3v) is 3.30. The average molecular weight is 208 g/mol. The number of β-lactam (4-membered cyclic amide) rings is 1. The second-order valence-electron chi connectivity index (χ2n) is 4.41. The summed E-state index contributed by atoms with van der Waals surface area (Å²) in [7, 11) is 0. The Bertz CT molecular complexity index is 262. The molecule has 1 amide bonds. The largest absolute Gasteiger partial charge is 0.313 e. The molecule has 0 aromatic rings. The van der Waals surface area contributed by atoms with E-state index < -0.39 is 0 Å². The number of nitrogens with zero attached hydrogens (tertiary/aromatic N) is 1. The Balaban J connectivity index is 1.75. The Kier molecular flexibility index (Phi) is 3.41. The van der Waals surface area contributed by atoms with Gasteiger partial charge in [0.05, 0.1) is 6.04 Å². The van der Waals surface area contributed by atoms with Gasteiger partial charge in [-0.2, -0.15) is 0 Å². The van der Waals surface area contributed by atoms with Crippen molar-refractivity contribution in [3.8, 4) is 0 Å². The van der Waals surface area contributed by atoms with Crippen molar-refractivity contribution in [3.05, 3.63) is 12.3 Å². The van der Waals surface area contributed by atoms with E-state index >= 15 is 0 Å². The summed E-state index contributed by atoms with van der Waals surface area (Å²) in [5.74, 6) is 0.257. The Morgan fingerprint density at radius 2 is 2.40 bits per heavy atom. The van der Waals surface area contributed by atoms with Gasteiger partial charge >= 0.3 is 0 Å². The summed E-state index contributed by atoms with van der Waals surface area (Å²) in [6.07, 6.45) is 9.93. The lowest BCUT2D eigenvalue weighted by atomic mass is 9.89. The predicted octanol–water partition coefficient (Wildman–Crippen LogP) is 1.65. The van der Waals surface area contributed by atoms with E-state index in [0.29, 0.717) is 6.04 Å². The summed E-state index contributed by atoms with van der Waals surface area (Å²) in [5.41, 5.74) is 0. The summed E-state index contributed by atoms with van der Waals surface area (Å²) in [6, 6.07) is 0.538. The maximum atomic E-state index is 11.7. The molecule has 0 spiro atoms. The highest BCUT2D eigenvalue weighted by molar-refractivity contribution is 5.90. The molecule has 2 aliphatic rings. The summed E-state index contributed by atoms with van der Waals surface area (Å²) in [6.45, 7) is 3.18. The molecule has 1 unspecified atom stereocenters. The molecule has 2 heterocycles. The highest BCUT2D eigenvalue weighted by atomic mass is 16.2. The number of carbonyl (C=O) groups excluding carboxylic acids is 1. The quantitative estimate of drug-likeness (QED) is 0.550. The van der Waals surface area contributed by atoms with Crippen molar-refractivity contribution in [1.29, 1.82) is 0 Å². The zero-order valence-electron chi connectivity index (χ0n) is 9.41. The molecule has 0 radical (unpaired) electrons. The van der Waals surface area contributed by atoms with Crippen molar-refractivity contribution in [1.82, 2.24) is 10.2 Å². The predicted molar refractivity (Wildman–Crippen MR) is 60.3 cm³/mol. The minimum Gasteiger partial charge on any atom is -0.313 e. The average Bonchev–Trinajstić information content (AvgIpc) is 2.28. The van der Waals surface area contributed by atoms with Crippen LogP contribution in [0.5, 0.6) is 0 Å². The lowest BCUT2D eigenvalue weighted by Gasteiger charge is -2.47. The summed E-state index contributed by atoms with van der Waals surface area (Å²) < 4.78 is 0. The molecule has 15 heavy (non-hydrogen) atoms. The van der Waals surface area contributed by atoms with Crippen molar-refractivity contribution in [2.24, 2.45) is 0 Å². The highest BCUT2D eigenvalue weighted by Gasteiger charge is 2.45. The van der Waals surface area contributed by atoms with E-state index in [9.17, 15) is 4.79 Å². The fourth-order valence-electron chi connectivity index (χ4n) is 2.37. The van der Waals surface area contributed by atoms with E-state index in [1.807, 2.05) is 11.1 Å². The second-order valence-corrected chi connectivity index (χ2v) is 4.41. The fourth-order valence-corrected chi connectivity index (χ4v) is 2.37. The zero-order chi connectivity index (χ0) is 10.7. The van der Waals surface area contributed by atoms with E-state index in [4.69, 9.17) is 0 Å².